The molecule has 1 saturated carbocycles. The fourth-order valence-electron chi connectivity index (χ4n) is 2.85. The Kier molecular flexibility index (Phi) is 2.79. The quantitative estimate of drug-likeness (QED) is 0.874. The number of nitrogens with zero attached hydrogens (tertiary/aromatic N) is 2. The van der Waals surface area contributed by atoms with Crippen LogP contribution in [0.5, 0.6) is 5.75 Å². The van der Waals surface area contributed by atoms with Gasteiger partial charge < -0.3 is 9.84 Å². The Morgan fingerprint density at radius 2 is 2.17 bits per heavy atom. The molecule has 4 heteroatoms. The molecule has 2 heterocycles. The van der Waals surface area contributed by atoms with E-state index in [0.717, 1.165) is 36.8 Å². The molecule has 2 fully saturated rings. The molecule has 0 radical (unpaired) electrons. The molecule has 4 nitrogen and oxygen atoms in total. The van der Waals surface area contributed by atoms with Crippen molar-refractivity contribution in [3.63, 3.8) is 0 Å². The standard InChI is InChI=1S/C14H20N2O2/c1-10-5-13(18-2)6-12(15-10)7-16-8-14(17,9-16)11-3-4-11/h5-6,11,17H,3-4,7-9H2,1-2H3. The Bertz CT molecular complexity index is 451. The molecule has 1 aliphatic carbocycles. The van der Waals surface area contributed by atoms with Gasteiger partial charge in [0.2, 0.25) is 0 Å². The van der Waals surface area contributed by atoms with E-state index in [4.69, 9.17) is 4.74 Å². The van der Waals surface area contributed by atoms with Crippen LogP contribution in [-0.2, 0) is 6.54 Å². The van der Waals surface area contributed by atoms with Gasteiger partial charge in [0, 0.05) is 37.5 Å². The summed E-state index contributed by atoms with van der Waals surface area (Å²) < 4.78 is 5.25. The lowest BCUT2D eigenvalue weighted by atomic mass is 9.88. The molecule has 1 N–H and O–H groups in total. The maximum absolute atomic E-state index is 10.3. The SMILES string of the molecule is COc1cc(C)nc(CN2CC(O)(C3CC3)C2)c1. The van der Waals surface area contributed by atoms with Crippen molar-refractivity contribution in [3.8, 4) is 5.75 Å². The second kappa shape index (κ2) is 4.21. The van der Waals surface area contributed by atoms with Crippen LogP contribution >= 0.6 is 0 Å². The second-order valence-corrected chi connectivity index (χ2v) is 5.66. The van der Waals surface area contributed by atoms with Crippen LogP contribution < -0.4 is 4.74 Å². The van der Waals surface area contributed by atoms with Crippen LogP contribution in [0.2, 0.25) is 0 Å². The Labute approximate surface area is 108 Å². The summed E-state index contributed by atoms with van der Waals surface area (Å²) >= 11 is 0. The third-order valence-corrected chi connectivity index (χ3v) is 3.93. The number of ether oxygens (including phenoxy) is 1. The predicted molar refractivity (Wildman–Crippen MR) is 68.5 cm³/mol. The lowest BCUT2D eigenvalue weighted by Crippen LogP contribution is -2.62. The highest BCUT2D eigenvalue weighted by Gasteiger charge is 2.51. The van der Waals surface area contributed by atoms with Gasteiger partial charge in [0.1, 0.15) is 5.75 Å². The van der Waals surface area contributed by atoms with Gasteiger partial charge in [0.05, 0.1) is 18.4 Å². The van der Waals surface area contributed by atoms with Gasteiger partial charge in [-0.2, -0.15) is 0 Å². The summed E-state index contributed by atoms with van der Waals surface area (Å²) in [5.74, 6) is 1.41. The smallest absolute Gasteiger partial charge is 0.122 e. The second-order valence-electron chi connectivity index (χ2n) is 5.66. The van der Waals surface area contributed by atoms with Gasteiger partial charge in [-0.15, -0.1) is 0 Å². The number of aryl methyl sites for hydroxylation is 1. The number of hydrogen-bond acceptors (Lipinski definition) is 4. The molecular weight excluding hydrogens is 228 g/mol. The monoisotopic (exact) mass is 248 g/mol. The summed E-state index contributed by atoms with van der Waals surface area (Å²) in [4.78, 5) is 6.76. The van der Waals surface area contributed by atoms with E-state index in [0.29, 0.717) is 5.92 Å². The van der Waals surface area contributed by atoms with Crippen LogP contribution in [0.25, 0.3) is 0 Å². The molecule has 0 bridgehead atoms. The zero-order chi connectivity index (χ0) is 12.8. The van der Waals surface area contributed by atoms with E-state index in [-0.39, 0.29) is 0 Å². The molecule has 1 aromatic heterocycles. The van der Waals surface area contributed by atoms with Crippen LogP contribution in [0.1, 0.15) is 24.2 Å². The first kappa shape index (κ1) is 11.9. The maximum atomic E-state index is 10.3. The van der Waals surface area contributed by atoms with Crippen molar-refractivity contribution in [1.82, 2.24) is 9.88 Å². The maximum Gasteiger partial charge on any atom is 0.122 e. The van der Waals surface area contributed by atoms with Crippen LogP contribution in [0, 0.1) is 12.8 Å². The molecule has 3 rings (SSSR count). The number of methoxy groups -OCH3 is 1. The molecule has 0 unspecified atom stereocenters. The van der Waals surface area contributed by atoms with Crippen molar-refractivity contribution >= 4 is 0 Å². The minimum Gasteiger partial charge on any atom is -0.497 e. The van der Waals surface area contributed by atoms with Crippen LogP contribution in [0.15, 0.2) is 12.1 Å². The molecule has 0 aromatic carbocycles. The molecule has 1 aliphatic heterocycles. The van der Waals surface area contributed by atoms with E-state index in [1.54, 1.807) is 7.11 Å². The van der Waals surface area contributed by atoms with Gasteiger partial charge in [-0.05, 0) is 25.7 Å². The minimum absolute atomic E-state index is 0.409. The van der Waals surface area contributed by atoms with Gasteiger partial charge in [0.25, 0.3) is 0 Å². The Balaban J connectivity index is 1.62. The fourth-order valence-corrected chi connectivity index (χ4v) is 2.85. The van der Waals surface area contributed by atoms with E-state index in [1.165, 1.54) is 12.8 Å². The number of aromatic nitrogens is 1. The van der Waals surface area contributed by atoms with Gasteiger partial charge in [0.15, 0.2) is 0 Å². The number of hydrogen-bond donors (Lipinski definition) is 1. The molecule has 98 valence electrons. The third kappa shape index (κ3) is 2.22. The number of β-amino-alcohol motifs (C(OH)–C–C–N with tert-alkyl or cyclic N) is 1. The Morgan fingerprint density at radius 3 is 2.78 bits per heavy atom. The summed E-state index contributed by atoms with van der Waals surface area (Å²) in [5.41, 5.74) is 1.58. The Hall–Kier alpha value is -1.13. The number of rotatable bonds is 4. The molecule has 18 heavy (non-hydrogen) atoms. The predicted octanol–water partition coefficient (Wildman–Crippen LogP) is 1.36. The first-order valence-corrected chi connectivity index (χ1v) is 6.55. The summed E-state index contributed by atoms with van der Waals surface area (Å²) in [6.45, 7) is 4.35. The number of pyridine rings is 1. The largest absolute Gasteiger partial charge is 0.497 e. The normalized spacial score (nSPS) is 22.6. The van der Waals surface area contributed by atoms with Crippen molar-refractivity contribution in [2.75, 3.05) is 20.2 Å². The summed E-state index contributed by atoms with van der Waals surface area (Å²) in [5, 5.41) is 10.3. The molecule has 1 aromatic rings. The molecule has 0 atom stereocenters. The summed E-state index contributed by atoms with van der Waals surface area (Å²) in [7, 11) is 1.67. The van der Waals surface area contributed by atoms with E-state index in [1.807, 2.05) is 19.1 Å². The van der Waals surface area contributed by atoms with Gasteiger partial charge in [-0.25, -0.2) is 0 Å². The lowest BCUT2D eigenvalue weighted by molar-refractivity contribution is -0.117. The number of likely N-dealkylation sites (tertiary alicyclic amines) is 1. The first-order valence-electron chi connectivity index (χ1n) is 6.55. The highest BCUT2D eigenvalue weighted by molar-refractivity contribution is 5.27. The van der Waals surface area contributed by atoms with Crippen molar-refractivity contribution < 1.29 is 9.84 Å². The molecule has 0 spiro atoms. The van der Waals surface area contributed by atoms with Crippen LogP contribution in [0.3, 0.4) is 0 Å². The zero-order valence-corrected chi connectivity index (χ0v) is 11.0. The average molecular weight is 248 g/mol. The molecular formula is C14H20N2O2. The van der Waals surface area contributed by atoms with Gasteiger partial charge in [-0.3, -0.25) is 9.88 Å². The van der Waals surface area contributed by atoms with Crippen molar-refractivity contribution in [2.45, 2.75) is 31.9 Å². The van der Waals surface area contributed by atoms with Crippen LogP contribution in [0.4, 0.5) is 0 Å². The van der Waals surface area contributed by atoms with Crippen molar-refractivity contribution in [2.24, 2.45) is 5.92 Å². The van der Waals surface area contributed by atoms with Crippen molar-refractivity contribution in [1.29, 1.82) is 0 Å². The van der Waals surface area contributed by atoms with E-state index < -0.39 is 5.60 Å². The fraction of sp³-hybridized carbons (Fsp3) is 0.643. The highest BCUT2D eigenvalue weighted by Crippen LogP contribution is 2.44. The zero-order valence-electron chi connectivity index (χ0n) is 11.0. The van der Waals surface area contributed by atoms with E-state index in [9.17, 15) is 5.11 Å². The third-order valence-electron chi connectivity index (χ3n) is 3.93. The molecule has 2 aliphatic rings. The number of aliphatic hydroxyl groups is 1. The topological polar surface area (TPSA) is 45.6 Å². The van der Waals surface area contributed by atoms with Gasteiger partial charge in [-0.1, -0.05) is 0 Å². The first-order chi connectivity index (χ1) is 8.59. The van der Waals surface area contributed by atoms with E-state index in [2.05, 4.69) is 9.88 Å². The summed E-state index contributed by atoms with van der Waals surface area (Å²) in [6.07, 6.45) is 2.39. The summed E-state index contributed by atoms with van der Waals surface area (Å²) in [6, 6.07) is 3.90. The van der Waals surface area contributed by atoms with Gasteiger partial charge >= 0.3 is 0 Å². The molecule has 0 amide bonds. The van der Waals surface area contributed by atoms with Crippen molar-refractivity contribution in [3.05, 3.63) is 23.5 Å². The van der Waals surface area contributed by atoms with Crippen LogP contribution in [-0.4, -0.2) is 40.8 Å². The Morgan fingerprint density at radius 1 is 1.44 bits per heavy atom. The lowest BCUT2D eigenvalue weighted by Gasteiger charge is -2.47. The van der Waals surface area contributed by atoms with E-state index >= 15 is 0 Å². The highest BCUT2D eigenvalue weighted by atomic mass is 16.5. The molecule has 1 saturated heterocycles. The average Bonchev–Trinajstić information content (AvgIpc) is 3.09. The minimum atomic E-state index is -0.409.